The first-order chi connectivity index (χ1) is 11.4. The number of benzene rings is 1. The monoisotopic (exact) mass is 388 g/mol. The van der Waals surface area contributed by atoms with E-state index in [2.05, 4.69) is 23.7 Å². The highest BCUT2D eigenvalue weighted by atomic mass is 35.7. The second-order valence-electron chi connectivity index (χ2n) is 5.20. The topological polar surface area (TPSA) is 59.5 Å². The molecule has 0 N–H and O–H groups in total. The molecular weight excluding hydrogens is 368 g/mol. The number of likely N-dealkylation sites (N-methyl/N-ethyl adjacent to an activating group) is 1. The summed E-state index contributed by atoms with van der Waals surface area (Å²) in [5.74, 6) is 0.692. The Hall–Kier alpha value is -1.15. The van der Waals surface area contributed by atoms with Gasteiger partial charge in [0.2, 0.25) is 0 Å². The van der Waals surface area contributed by atoms with Gasteiger partial charge in [-0.3, -0.25) is 0 Å². The normalized spacial score (nSPS) is 11.9. The summed E-state index contributed by atoms with van der Waals surface area (Å²) in [7, 11) is 1.67. The lowest BCUT2D eigenvalue weighted by Crippen LogP contribution is -2.27. The van der Waals surface area contributed by atoms with Gasteiger partial charge in [0.1, 0.15) is 17.4 Å². The van der Waals surface area contributed by atoms with Crippen molar-refractivity contribution < 1.29 is 13.2 Å². The first-order valence-electron chi connectivity index (χ1n) is 7.73. The van der Waals surface area contributed by atoms with E-state index in [-0.39, 0.29) is 4.21 Å². The van der Waals surface area contributed by atoms with Crippen molar-refractivity contribution in [3.05, 3.63) is 30.0 Å². The van der Waals surface area contributed by atoms with Crippen molar-refractivity contribution in [1.29, 1.82) is 0 Å². The van der Waals surface area contributed by atoms with Gasteiger partial charge in [0.25, 0.3) is 9.05 Å². The number of halogens is 1. The van der Waals surface area contributed by atoms with Crippen LogP contribution in [0.3, 0.4) is 0 Å². The van der Waals surface area contributed by atoms with Crippen LogP contribution >= 0.6 is 22.0 Å². The van der Waals surface area contributed by atoms with Gasteiger partial charge in [-0.1, -0.05) is 26.0 Å². The zero-order valence-corrected chi connectivity index (χ0v) is 16.3. The summed E-state index contributed by atoms with van der Waals surface area (Å²) in [6.45, 7) is 9.21. The molecule has 24 heavy (non-hydrogen) atoms. The zero-order valence-electron chi connectivity index (χ0n) is 14.0. The van der Waals surface area contributed by atoms with E-state index in [0.29, 0.717) is 23.1 Å². The predicted molar refractivity (Wildman–Crippen MR) is 98.6 cm³/mol. The molecule has 0 aliphatic heterocycles. The number of para-hydroxylation sites is 1. The second kappa shape index (κ2) is 8.29. The minimum absolute atomic E-state index is 0.0807. The van der Waals surface area contributed by atoms with E-state index in [1.807, 2.05) is 24.3 Å². The van der Waals surface area contributed by atoms with Crippen molar-refractivity contribution in [2.45, 2.75) is 25.0 Å². The predicted octanol–water partition coefficient (Wildman–Crippen LogP) is 3.77. The first kappa shape index (κ1) is 19.2. The standard InChI is InChI=1S/C16H21ClN2O3S2/c1-4-19(5-2)10-11-22-14-9-7-6-8-13(14)15-18-12(3)16(23-15)24(17,20)21/h6-9H,4-5,10-11H2,1-3H3. The Bertz CT molecular complexity index is 786. The van der Waals surface area contributed by atoms with E-state index in [1.54, 1.807) is 6.92 Å². The van der Waals surface area contributed by atoms with Crippen LogP contribution in [-0.4, -0.2) is 44.5 Å². The summed E-state index contributed by atoms with van der Waals surface area (Å²) in [6, 6.07) is 7.49. The maximum atomic E-state index is 11.6. The minimum atomic E-state index is -3.79. The van der Waals surface area contributed by atoms with Crippen LogP contribution in [0.2, 0.25) is 0 Å². The molecule has 0 amide bonds. The number of aromatic nitrogens is 1. The summed E-state index contributed by atoms with van der Waals surface area (Å²) in [5.41, 5.74) is 1.18. The maximum Gasteiger partial charge on any atom is 0.272 e. The second-order valence-corrected chi connectivity index (χ2v) is 8.96. The van der Waals surface area contributed by atoms with Crippen LogP contribution in [0, 0.1) is 6.92 Å². The Balaban J connectivity index is 2.23. The van der Waals surface area contributed by atoms with Gasteiger partial charge >= 0.3 is 0 Å². The van der Waals surface area contributed by atoms with Gasteiger partial charge in [-0.25, -0.2) is 13.4 Å². The molecule has 0 saturated carbocycles. The Labute approximate surface area is 151 Å². The van der Waals surface area contributed by atoms with Crippen LogP contribution in [0.4, 0.5) is 0 Å². The lowest BCUT2D eigenvalue weighted by atomic mass is 10.2. The molecule has 2 rings (SSSR count). The van der Waals surface area contributed by atoms with Crippen molar-refractivity contribution in [3.8, 4) is 16.3 Å². The smallest absolute Gasteiger partial charge is 0.272 e. The molecule has 0 unspecified atom stereocenters. The fraction of sp³-hybridized carbons (Fsp3) is 0.438. The Morgan fingerprint density at radius 2 is 1.92 bits per heavy atom. The molecule has 132 valence electrons. The van der Waals surface area contributed by atoms with Gasteiger partial charge in [-0.15, -0.1) is 11.3 Å². The van der Waals surface area contributed by atoms with Gasteiger partial charge in [-0.2, -0.15) is 0 Å². The van der Waals surface area contributed by atoms with Crippen molar-refractivity contribution in [1.82, 2.24) is 9.88 Å². The summed E-state index contributed by atoms with van der Waals surface area (Å²) < 4.78 is 29.2. The SMILES string of the molecule is CCN(CC)CCOc1ccccc1-c1nc(C)c(S(=O)(=O)Cl)s1. The largest absolute Gasteiger partial charge is 0.492 e. The van der Waals surface area contributed by atoms with Crippen LogP contribution in [0.1, 0.15) is 19.5 Å². The van der Waals surface area contributed by atoms with Crippen molar-refractivity contribution in [3.63, 3.8) is 0 Å². The number of thiazole rings is 1. The van der Waals surface area contributed by atoms with E-state index in [4.69, 9.17) is 15.4 Å². The molecule has 8 heteroatoms. The van der Waals surface area contributed by atoms with Crippen LogP contribution in [0.15, 0.2) is 28.5 Å². The van der Waals surface area contributed by atoms with Crippen molar-refractivity contribution in [2.24, 2.45) is 0 Å². The summed E-state index contributed by atoms with van der Waals surface area (Å²) in [5, 5.41) is 0.588. The molecule has 5 nitrogen and oxygen atoms in total. The Kier molecular flexibility index (Phi) is 6.62. The van der Waals surface area contributed by atoms with Gasteiger partial charge in [0.05, 0.1) is 11.3 Å². The molecule has 0 saturated heterocycles. The highest BCUT2D eigenvalue weighted by molar-refractivity contribution is 8.15. The number of ether oxygens (including phenoxy) is 1. The van der Waals surface area contributed by atoms with E-state index < -0.39 is 9.05 Å². The molecule has 0 spiro atoms. The fourth-order valence-electron chi connectivity index (χ4n) is 2.32. The third-order valence-electron chi connectivity index (χ3n) is 3.65. The molecule has 0 atom stereocenters. The first-order valence-corrected chi connectivity index (χ1v) is 10.9. The molecule has 1 aromatic heterocycles. The van der Waals surface area contributed by atoms with Crippen LogP contribution < -0.4 is 4.74 Å². The fourth-order valence-corrected chi connectivity index (χ4v) is 4.80. The van der Waals surface area contributed by atoms with E-state index in [9.17, 15) is 8.42 Å². The van der Waals surface area contributed by atoms with E-state index in [0.717, 1.165) is 36.5 Å². The van der Waals surface area contributed by atoms with Gasteiger partial charge in [-0.05, 0) is 32.1 Å². The maximum absolute atomic E-state index is 11.6. The van der Waals surface area contributed by atoms with Gasteiger partial charge in [0.15, 0.2) is 4.21 Å². The lowest BCUT2D eigenvalue weighted by molar-refractivity contribution is 0.223. The van der Waals surface area contributed by atoms with Crippen molar-refractivity contribution >= 4 is 31.1 Å². The Morgan fingerprint density at radius 1 is 1.25 bits per heavy atom. The Morgan fingerprint density at radius 3 is 2.50 bits per heavy atom. The number of hydrogen-bond donors (Lipinski definition) is 0. The molecule has 0 fully saturated rings. The summed E-state index contributed by atoms with van der Waals surface area (Å²) in [6.07, 6.45) is 0. The van der Waals surface area contributed by atoms with Crippen LogP contribution in [0.25, 0.3) is 10.6 Å². The highest BCUT2D eigenvalue weighted by Crippen LogP contribution is 2.37. The molecule has 2 aromatic rings. The number of rotatable bonds is 8. The lowest BCUT2D eigenvalue weighted by Gasteiger charge is -2.18. The van der Waals surface area contributed by atoms with Crippen molar-refractivity contribution in [2.75, 3.05) is 26.2 Å². The average Bonchev–Trinajstić information content (AvgIpc) is 2.94. The highest BCUT2D eigenvalue weighted by Gasteiger charge is 2.21. The quantitative estimate of drug-likeness (QED) is 0.644. The molecule has 0 aliphatic rings. The molecule has 0 bridgehead atoms. The third kappa shape index (κ3) is 4.69. The van der Waals surface area contributed by atoms with Gasteiger partial charge in [0, 0.05) is 17.2 Å². The number of aryl methyl sites for hydroxylation is 1. The molecule has 0 aliphatic carbocycles. The van der Waals surface area contributed by atoms with Crippen LogP contribution in [0.5, 0.6) is 5.75 Å². The number of hydrogen-bond acceptors (Lipinski definition) is 6. The van der Waals surface area contributed by atoms with E-state index in [1.165, 1.54) is 0 Å². The molecule has 1 heterocycles. The molecular formula is C16H21ClN2O3S2. The zero-order chi connectivity index (χ0) is 17.7. The van der Waals surface area contributed by atoms with Gasteiger partial charge < -0.3 is 9.64 Å². The summed E-state index contributed by atoms with van der Waals surface area (Å²) >= 11 is 1.06. The molecule has 1 aromatic carbocycles. The average molecular weight is 389 g/mol. The van der Waals surface area contributed by atoms with E-state index >= 15 is 0 Å². The third-order valence-corrected chi connectivity index (χ3v) is 7.02. The number of nitrogens with zero attached hydrogens (tertiary/aromatic N) is 2. The molecule has 0 radical (unpaired) electrons. The summed E-state index contributed by atoms with van der Waals surface area (Å²) in [4.78, 5) is 6.62. The van der Waals surface area contributed by atoms with Crippen LogP contribution in [-0.2, 0) is 9.05 Å². The minimum Gasteiger partial charge on any atom is -0.492 e.